The molecule has 0 bridgehead atoms. The van der Waals surface area contributed by atoms with Crippen LogP contribution in [0.4, 0.5) is 5.69 Å². The van der Waals surface area contributed by atoms with E-state index in [1.54, 1.807) is 36.2 Å². The minimum atomic E-state index is -0.381. The zero-order valence-electron chi connectivity index (χ0n) is 26.0. The number of likely N-dealkylation sites (N-methyl/N-ethyl adjacent to an activating group) is 1. The van der Waals surface area contributed by atoms with Crippen LogP contribution in [0.2, 0.25) is 0 Å². The third-order valence-electron chi connectivity index (χ3n) is 8.18. The van der Waals surface area contributed by atoms with Gasteiger partial charge >= 0.3 is 0 Å². The van der Waals surface area contributed by atoms with Gasteiger partial charge in [0.05, 0.1) is 29.6 Å². The summed E-state index contributed by atoms with van der Waals surface area (Å²) in [6.45, 7) is 7.28. The molecule has 3 atom stereocenters. The van der Waals surface area contributed by atoms with Gasteiger partial charge in [-0.2, -0.15) is 5.10 Å². The number of hydrogen-bond donors (Lipinski definition) is 2. The van der Waals surface area contributed by atoms with Gasteiger partial charge in [-0.1, -0.05) is 67.6 Å². The molecule has 0 saturated carbocycles. The molecule has 9 heteroatoms. The maximum Gasteiger partial charge on any atom is 0.274 e. The summed E-state index contributed by atoms with van der Waals surface area (Å²) >= 11 is 0. The molecule has 3 aromatic carbocycles. The monoisotopic (exact) mass is 595 g/mol. The second-order valence-corrected chi connectivity index (χ2v) is 11.8. The average Bonchev–Trinajstić information content (AvgIpc) is 3.37. The largest absolute Gasteiger partial charge is 0.486 e. The zero-order valence-corrected chi connectivity index (χ0v) is 26.0. The fourth-order valence-electron chi connectivity index (χ4n) is 5.69. The Bertz CT molecular complexity index is 1600. The van der Waals surface area contributed by atoms with Gasteiger partial charge in [-0.15, -0.1) is 0 Å². The molecule has 1 aliphatic rings. The zero-order chi connectivity index (χ0) is 31.4. The number of para-hydroxylation sites is 1. The van der Waals surface area contributed by atoms with Crippen molar-refractivity contribution in [3.05, 3.63) is 101 Å². The van der Waals surface area contributed by atoms with Gasteiger partial charge < -0.3 is 20.1 Å². The van der Waals surface area contributed by atoms with Crippen LogP contribution in [-0.4, -0.2) is 75.4 Å². The second kappa shape index (κ2) is 13.4. The molecule has 5 rings (SSSR count). The third kappa shape index (κ3) is 6.85. The molecule has 4 aromatic rings. The van der Waals surface area contributed by atoms with Crippen molar-refractivity contribution in [2.45, 2.75) is 39.5 Å². The van der Waals surface area contributed by atoms with E-state index in [-0.39, 0.29) is 36.5 Å². The number of aromatic nitrogens is 2. The van der Waals surface area contributed by atoms with Crippen molar-refractivity contribution in [2.75, 3.05) is 32.1 Å². The van der Waals surface area contributed by atoms with Gasteiger partial charge in [-0.05, 0) is 55.8 Å². The summed E-state index contributed by atoms with van der Waals surface area (Å²) in [7, 11) is 3.77. The van der Waals surface area contributed by atoms with E-state index in [1.807, 2.05) is 32.0 Å². The molecular weight excluding hydrogens is 554 g/mol. The Morgan fingerprint density at radius 3 is 2.45 bits per heavy atom. The number of nitrogens with one attached hydrogen (secondary N) is 1. The highest BCUT2D eigenvalue weighted by Gasteiger charge is 2.34. The van der Waals surface area contributed by atoms with E-state index in [2.05, 4.69) is 65.7 Å². The van der Waals surface area contributed by atoms with Crippen LogP contribution in [0.1, 0.15) is 46.0 Å². The first kappa shape index (κ1) is 31.0. The van der Waals surface area contributed by atoms with E-state index >= 15 is 0 Å². The number of aryl methyl sites for hydroxylation is 2. The molecule has 2 N–H and O–H groups in total. The normalized spacial score (nSPS) is 17.4. The van der Waals surface area contributed by atoms with Crippen molar-refractivity contribution in [2.24, 2.45) is 13.0 Å². The molecule has 0 fully saturated rings. The van der Waals surface area contributed by atoms with Gasteiger partial charge in [-0.25, -0.2) is 0 Å². The predicted octanol–water partition coefficient (Wildman–Crippen LogP) is 5.00. The Balaban J connectivity index is 1.40. The van der Waals surface area contributed by atoms with Crippen LogP contribution in [0.5, 0.6) is 5.75 Å². The maximum absolute atomic E-state index is 13.8. The number of anilines is 1. The number of hydrogen-bond acceptors (Lipinski definition) is 6. The highest BCUT2D eigenvalue weighted by Crippen LogP contribution is 2.35. The fourth-order valence-corrected chi connectivity index (χ4v) is 5.69. The Hall–Kier alpha value is -4.47. The quantitative estimate of drug-likeness (QED) is 0.283. The predicted molar refractivity (Wildman–Crippen MR) is 172 cm³/mol. The van der Waals surface area contributed by atoms with Crippen LogP contribution < -0.4 is 10.1 Å². The van der Waals surface area contributed by atoms with Gasteiger partial charge in [0.1, 0.15) is 11.8 Å². The first-order chi connectivity index (χ1) is 21.1. The Labute approximate surface area is 259 Å². The highest BCUT2D eigenvalue weighted by molar-refractivity contribution is 6.06. The summed E-state index contributed by atoms with van der Waals surface area (Å²) in [5, 5.41) is 17.2. The Morgan fingerprint density at radius 1 is 1.09 bits per heavy atom. The number of nitrogens with zero attached hydrogens (tertiary/aromatic N) is 4. The number of aliphatic hydroxyl groups is 1. The topological polar surface area (TPSA) is 99.9 Å². The van der Waals surface area contributed by atoms with Crippen LogP contribution in [-0.2, 0) is 13.6 Å². The summed E-state index contributed by atoms with van der Waals surface area (Å²) in [5.74, 6) is -0.323. The van der Waals surface area contributed by atoms with E-state index in [0.717, 1.165) is 5.69 Å². The van der Waals surface area contributed by atoms with Gasteiger partial charge in [-0.3, -0.25) is 19.2 Å². The van der Waals surface area contributed by atoms with E-state index in [4.69, 9.17) is 4.74 Å². The molecule has 230 valence electrons. The number of rotatable bonds is 9. The highest BCUT2D eigenvalue weighted by atomic mass is 16.5. The van der Waals surface area contributed by atoms with Crippen LogP contribution in [0.3, 0.4) is 0 Å². The first-order valence-corrected chi connectivity index (χ1v) is 15.0. The summed E-state index contributed by atoms with van der Waals surface area (Å²) in [4.78, 5) is 31.0. The lowest BCUT2D eigenvalue weighted by Gasteiger charge is -2.38. The van der Waals surface area contributed by atoms with Crippen LogP contribution in [0.25, 0.3) is 11.1 Å². The van der Waals surface area contributed by atoms with Crippen LogP contribution in [0, 0.1) is 12.8 Å². The Morgan fingerprint density at radius 2 is 1.80 bits per heavy atom. The van der Waals surface area contributed by atoms with Crippen LogP contribution in [0.15, 0.2) is 78.9 Å². The molecular formula is C35H41N5O4. The van der Waals surface area contributed by atoms with E-state index in [9.17, 15) is 14.7 Å². The van der Waals surface area contributed by atoms with Crippen molar-refractivity contribution < 1.29 is 19.4 Å². The van der Waals surface area contributed by atoms with Gasteiger partial charge in [0.15, 0.2) is 5.75 Å². The van der Waals surface area contributed by atoms with E-state index < -0.39 is 0 Å². The molecule has 9 nitrogen and oxygen atoms in total. The Kier molecular flexibility index (Phi) is 9.46. The van der Waals surface area contributed by atoms with E-state index in [0.29, 0.717) is 42.3 Å². The third-order valence-corrected chi connectivity index (χ3v) is 8.18. The molecule has 1 aromatic heterocycles. The molecule has 0 aliphatic carbocycles. The SMILES string of the molecule is Cc1cc(C(=O)Nc2cccc3c2O[C@H](CN(C)Cc2ccc(-c4ccccc4)cc2)[C@@H](C)CN([C@H](C)CO)C3=O)n(C)n1. The van der Waals surface area contributed by atoms with Crippen molar-refractivity contribution in [3.63, 3.8) is 0 Å². The molecule has 44 heavy (non-hydrogen) atoms. The number of benzene rings is 3. The fraction of sp³-hybridized carbons (Fsp3) is 0.343. The van der Waals surface area contributed by atoms with Gasteiger partial charge in [0, 0.05) is 32.6 Å². The van der Waals surface area contributed by atoms with Crippen molar-refractivity contribution in [1.82, 2.24) is 19.6 Å². The number of fused-ring (bicyclic) bond motifs is 1. The molecule has 2 amide bonds. The van der Waals surface area contributed by atoms with E-state index in [1.165, 1.54) is 21.4 Å². The number of carbonyl (C=O) groups excluding carboxylic acids is 2. The minimum absolute atomic E-state index is 0.0625. The molecule has 0 unspecified atom stereocenters. The van der Waals surface area contributed by atoms with Crippen molar-refractivity contribution >= 4 is 17.5 Å². The van der Waals surface area contributed by atoms with Crippen LogP contribution >= 0.6 is 0 Å². The first-order valence-electron chi connectivity index (χ1n) is 15.0. The lowest BCUT2D eigenvalue weighted by molar-refractivity contribution is 0.0343. The summed E-state index contributed by atoms with van der Waals surface area (Å²) in [6.07, 6.45) is -0.305. The average molecular weight is 596 g/mol. The smallest absolute Gasteiger partial charge is 0.274 e. The minimum Gasteiger partial charge on any atom is -0.486 e. The molecule has 1 aliphatic heterocycles. The summed E-state index contributed by atoms with van der Waals surface area (Å²) in [5.41, 5.74) is 5.42. The summed E-state index contributed by atoms with van der Waals surface area (Å²) < 4.78 is 8.21. The van der Waals surface area contributed by atoms with Crippen molar-refractivity contribution in [3.8, 4) is 16.9 Å². The lowest BCUT2D eigenvalue weighted by atomic mass is 9.98. The number of amides is 2. The number of carbonyl (C=O) groups is 2. The maximum atomic E-state index is 13.8. The molecule has 0 spiro atoms. The number of aliphatic hydroxyl groups excluding tert-OH is 1. The second-order valence-electron chi connectivity index (χ2n) is 11.8. The lowest BCUT2D eigenvalue weighted by Crippen LogP contribution is -2.49. The molecule has 0 radical (unpaired) electrons. The molecule has 0 saturated heterocycles. The summed E-state index contributed by atoms with van der Waals surface area (Å²) in [6, 6.07) is 25.4. The van der Waals surface area contributed by atoms with Crippen molar-refractivity contribution in [1.29, 1.82) is 0 Å². The number of ether oxygens (including phenoxy) is 1. The van der Waals surface area contributed by atoms with Gasteiger partial charge in [0.25, 0.3) is 11.8 Å². The standard InChI is InChI=1S/C35H41N5O4/c1-23-19-40(25(3)22-41)35(43)29-12-9-13-30(36-34(42)31-18-24(2)37-39(31)5)33(29)44-32(23)21-38(4)20-26-14-16-28(17-15-26)27-10-7-6-8-11-27/h6-18,23,25,32,41H,19-22H2,1-5H3,(H,36,42)/t23-,25+,32+/m0/s1. The van der Waals surface area contributed by atoms with Gasteiger partial charge in [0.2, 0.25) is 0 Å². The molecule has 2 heterocycles.